The van der Waals surface area contributed by atoms with Gasteiger partial charge in [-0.2, -0.15) is 0 Å². The SMILES string of the molecule is Cc1ccc(C(=O)Nc2ccc(N3CCC(C)CC3)cc2)o1. The first-order valence-electron chi connectivity index (χ1n) is 7.84. The summed E-state index contributed by atoms with van der Waals surface area (Å²) in [4.78, 5) is 14.4. The van der Waals surface area contributed by atoms with E-state index in [0.29, 0.717) is 5.76 Å². The Morgan fingerprint density at radius 3 is 2.41 bits per heavy atom. The van der Waals surface area contributed by atoms with Gasteiger partial charge in [-0.15, -0.1) is 0 Å². The lowest BCUT2D eigenvalue weighted by Crippen LogP contribution is -2.32. The van der Waals surface area contributed by atoms with E-state index in [1.807, 2.05) is 19.1 Å². The van der Waals surface area contributed by atoms with Crippen molar-refractivity contribution in [2.45, 2.75) is 26.7 Å². The van der Waals surface area contributed by atoms with Crippen molar-refractivity contribution in [3.8, 4) is 0 Å². The Morgan fingerprint density at radius 2 is 1.82 bits per heavy atom. The molecule has 0 aliphatic carbocycles. The molecule has 1 aliphatic rings. The molecule has 1 fully saturated rings. The number of nitrogens with one attached hydrogen (secondary N) is 1. The van der Waals surface area contributed by atoms with Gasteiger partial charge in [0.2, 0.25) is 0 Å². The van der Waals surface area contributed by atoms with E-state index in [2.05, 4.69) is 29.3 Å². The van der Waals surface area contributed by atoms with E-state index in [-0.39, 0.29) is 5.91 Å². The van der Waals surface area contributed by atoms with E-state index in [9.17, 15) is 4.79 Å². The maximum atomic E-state index is 12.0. The largest absolute Gasteiger partial charge is 0.456 e. The molecular weight excluding hydrogens is 276 g/mol. The highest BCUT2D eigenvalue weighted by Gasteiger charge is 2.16. The molecule has 0 atom stereocenters. The van der Waals surface area contributed by atoms with E-state index >= 15 is 0 Å². The number of amides is 1. The molecule has 0 saturated carbocycles. The lowest BCUT2D eigenvalue weighted by molar-refractivity contribution is 0.0995. The Morgan fingerprint density at radius 1 is 1.14 bits per heavy atom. The highest BCUT2D eigenvalue weighted by Crippen LogP contribution is 2.24. The second-order valence-corrected chi connectivity index (χ2v) is 6.08. The van der Waals surface area contributed by atoms with Crippen molar-refractivity contribution in [2.24, 2.45) is 5.92 Å². The van der Waals surface area contributed by atoms with Crippen LogP contribution < -0.4 is 10.2 Å². The second-order valence-electron chi connectivity index (χ2n) is 6.08. The summed E-state index contributed by atoms with van der Waals surface area (Å²) in [5.74, 6) is 1.69. The number of anilines is 2. The number of benzene rings is 1. The van der Waals surface area contributed by atoms with Crippen LogP contribution in [0.1, 0.15) is 36.1 Å². The van der Waals surface area contributed by atoms with Crippen molar-refractivity contribution >= 4 is 17.3 Å². The maximum absolute atomic E-state index is 12.0. The fraction of sp³-hybridized carbons (Fsp3) is 0.389. The molecule has 1 saturated heterocycles. The Bertz CT molecular complexity index is 637. The van der Waals surface area contributed by atoms with Crippen LogP contribution in [0.25, 0.3) is 0 Å². The monoisotopic (exact) mass is 298 g/mol. The van der Waals surface area contributed by atoms with Crippen LogP contribution in [-0.2, 0) is 0 Å². The molecule has 3 rings (SSSR count). The summed E-state index contributed by atoms with van der Waals surface area (Å²) in [6.07, 6.45) is 2.49. The molecule has 0 bridgehead atoms. The first kappa shape index (κ1) is 14.7. The molecule has 1 amide bonds. The molecular formula is C18H22N2O2. The minimum absolute atomic E-state index is 0.215. The summed E-state index contributed by atoms with van der Waals surface area (Å²) < 4.78 is 5.33. The minimum atomic E-state index is -0.215. The number of hydrogen-bond acceptors (Lipinski definition) is 3. The average Bonchev–Trinajstić information content (AvgIpc) is 2.96. The Labute approximate surface area is 131 Å². The van der Waals surface area contributed by atoms with Gasteiger partial charge in [0, 0.05) is 24.5 Å². The highest BCUT2D eigenvalue weighted by atomic mass is 16.3. The lowest BCUT2D eigenvalue weighted by atomic mass is 9.99. The van der Waals surface area contributed by atoms with Crippen LogP contribution in [0.5, 0.6) is 0 Å². The Hall–Kier alpha value is -2.23. The van der Waals surface area contributed by atoms with Crippen LogP contribution in [-0.4, -0.2) is 19.0 Å². The quantitative estimate of drug-likeness (QED) is 0.928. The molecule has 1 aromatic carbocycles. The normalized spacial score (nSPS) is 15.8. The fourth-order valence-electron chi connectivity index (χ4n) is 2.77. The molecule has 0 unspecified atom stereocenters. The van der Waals surface area contributed by atoms with Gasteiger partial charge in [-0.05, 0) is 62.1 Å². The molecule has 0 radical (unpaired) electrons. The van der Waals surface area contributed by atoms with Crippen LogP contribution >= 0.6 is 0 Å². The molecule has 1 aromatic heterocycles. The van der Waals surface area contributed by atoms with Crippen LogP contribution in [0.2, 0.25) is 0 Å². The molecule has 4 heteroatoms. The number of carbonyl (C=O) groups is 1. The van der Waals surface area contributed by atoms with Gasteiger partial charge >= 0.3 is 0 Å². The van der Waals surface area contributed by atoms with Crippen LogP contribution in [0, 0.1) is 12.8 Å². The van der Waals surface area contributed by atoms with Crippen molar-refractivity contribution in [3.05, 3.63) is 47.9 Å². The summed E-state index contributed by atoms with van der Waals surface area (Å²) >= 11 is 0. The third-order valence-electron chi connectivity index (χ3n) is 4.24. The van der Waals surface area contributed by atoms with Gasteiger partial charge in [-0.1, -0.05) is 6.92 Å². The van der Waals surface area contributed by atoms with Gasteiger partial charge in [0.1, 0.15) is 5.76 Å². The standard InChI is InChI=1S/C18H22N2O2/c1-13-9-11-20(12-10-13)16-6-4-15(5-7-16)19-18(21)17-8-3-14(2)22-17/h3-8,13H,9-12H2,1-2H3,(H,19,21). The summed E-state index contributed by atoms with van der Waals surface area (Å²) in [7, 11) is 0. The molecule has 2 aromatic rings. The highest BCUT2D eigenvalue weighted by molar-refractivity contribution is 6.02. The number of rotatable bonds is 3. The third kappa shape index (κ3) is 3.32. The molecule has 0 spiro atoms. The summed E-state index contributed by atoms with van der Waals surface area (Å²) in [5, 5.41) is 2.86. The molecule has 116 valence electrons. The van der Waals surface area contributed by atoms with Gasteiger partial charge in [-0.25, -0.2) is 0 Å². The zero-order valence-corrected chi connectivity index (χ0v) is 13.1. The van der Waals surface area contributed by atoms with Crippen LogP contribution in [0.3, 0.4) is 0 Å². The molecule has 4 nitrogen and oxygen atoms in total. The minimum Gasteiger partial charge on any atom is -0.456 e. The maximum Gasteiger partial charge on any atom is 0.291 e. The average molecular weight is 298 g/mol. The van der Waals surface area contributed by atoms with E-state index in [4.69, 9.17) is 4.42 Å². The van der Waals surface area contributed by atoms with Crippen LogP contribution in [0.4, 0.5) is 11.4 Å². The summed E-state index contributed by atoms with van der Waals surface area (Å²) in [6, 6.07) is 11.5. The first-order chi connectivity index (χ1) is 10.6. The predicted octanol–water partition coefficient (Wildman–Crippen LogP) is 4.08. The third-order valence-corrected chi connectivity index (χ3v) is 4.24. The van der Waals surface area contributed by atoms with Crippen molar-refractivity contribution in [3.63, 3.8) is 0 Å². The predicted molar refractivity (Wildman–Crippen MR) is 88.5 cm³/mol. The van der Waals surface area contributed by atoms with E-state index in [1.54, 1.807) is 12.1 Å². The second kappa shape index (κ2) is 6.26. The smallest absolute Gasteiger partial charge is 0.291 e. The molecule has 2 heterocycles. The van der Waals surface area contributed by atoms with E-state index < -0.39 is 0 Å². The van der Waals surface area contributed by atoms with Gasteiger partial charge < -0.3 is 14.6 Å². The number of piperidine rings is 1. The van der Waals surface area contributed by atoms with Gasteiger partial charge in [-0.3, -0.25) is 4.79 Å². The van der Waals surface area contributed by atoms with Crippen LogP contribution in [0.15, 0.2) is 40.8 Å². The van der Waals surface area contributed by atoms with Gasteiger partial charge in [0.05, 0.1) is 0 Å². The Balaban J connectivity index is 1.63. The molecule has 1 N–H and O–H groups in total. The molecule has 1 aliphatic heterocycles. The molecule has 22 heavy (non-hydrogen) atoms. The zero-order chi connectivity index (χ0) is 15.5. The zero-order valence-electron chi connectivity index (χ0n) is 13.1. The van der Waals surface area contributed by atoms with Crippen molar-refractivity contribution in [2.75, 3.05) is 23.3 Å². The topological polar surface area (TPSA) is 45.5 Å². The summed E-state index contributed by atoms with van der Waals surface area (Å²) in [5.41, 5.74) is 2.01. The number of aryl methyl sites for hydroxylation is 1. The van der Waals surface area contributed by atoms with Crippen molar-refractivity contribution in [1.29, 1.82) is 0 Å². The Kier molecular flexibility index (Phi) is 4.18. The number of nitrogens with zero attached hydrogens (tertiary/aromatic N) is 1. The van der Waals surface area contributed by atoms with Gasteiger partial charge in [0.25, 0.3) is 5.91 Å². The number of hydrogen-bond donors (Lipinski definition) is 1. The lowest BCUT2D eigenvalue weighted by Gasteiger charge is -2.32. The first-order valence-corrected chi connectivity index (χ1v) is 7.84. The van der Waals surface area contributed by atoms with Gasteiger partial charge in [0.15, 0.2) is 5.76 Å². The van der Waals surface area contributed by atoms with Crippen molar-refractivity contribution in [1.82, 2.24) is 0 Å². The van der Waals surface area contributed by atoms with E-state index in [0.717, 1.165) is 30.5 Å². The summed E-state index contributed by atoms with van der Waals surface area (Å²) in [6.45, 7) is 6.36. The van der Waals surface area contributed by atoms with E-state index in [1.165, 1.54) is 18.5 Å². The van der Waals surface area contributed by atoms with Crippen molar-refractivity contribution < 1.29 is 9.21 Å². The fourth-order valence-corrected chi connectivity index (χ4v) is 2.77. The number of carbonyl (C=O) groups excluding carboxylic acids is 1. The number of furan rings is 1.